The highest BCUT2D eigenvalue weighted by Crippen LogP contribution is 2.19. The lowest BCUT2D eigenvalue weighted by atomic mass is 10.1. The van der Waals surface area contributed by atoms with Crippen LogP contribution in [0.2, 0.25) is 0 Å². The summed E-state index contributed by atoms with van der Waals surface area (Å²) in [6.07, 6.45) is 0. The van der Waals surface area contributed by atoms with E-state index >= 15 is 0 Å². The summed E-state index contributed by atoms with van der Waals surface area (Å²) < 4.78 is 5.42. The summed E-state index contributed by atoms with van der Waals surface area (Å²) in [6, 6.07) is 2.43. The van der Waals surface area contributed by atoms with E-state index in [4.69, 9.17) is 4.74 Å². The van der Waals surface area contributed by atoms with Gasteiger partial charge in [0.05, 0.1) is 12.6 Å². The van der Waals surface area contributed by atoms with Crippen LogP contribution in [-0.2, 0) is 0 Å². The Bertz CT molecular complexity index is 365. The van der Waals surface area contributed by atoms with E-state index < -0.39 is 0 Å². The van der Waals surface area contributed by atoms with Crippen molar-refractivity contribution in [3.8, 4) is 5.88 Å². The Balaban J connectivity index is 2.18. The van der Waals surface area contributed by atoms with Gasteiger partial charge in [-0.2, -0.15) is 4.98 Å². The molecule has 1 aromatic heterocycles. The average molecular weight is 222 g/mol. The van der Waals surface area contributed by atoms with Gasteiger partial charge in [0.25, 0.3) is 0 Å². The minimum Gasteiger partial charge on any atom is -0.478 e. The topological polar surface area (TPSA) is 50.3 Å². The molecule has 1 saturated heterocycles. The molecular weight excluding hydrogens is 204 g/mol. The number of likely N-dealkylation sites (N-methyl/N-ethyl adjacent to an activating group) is 1. The fourth-order valence-corrected chi connectivity index (χ4v) is 1.66. The largest absolute Gasteiger partial charge is 0.478 e. The zero-order chi connectivity index (χ0) is 11.5. The predicted molar refractivity (Wildman–Crippen MR) is 63.0 cm³/mol. The first-order valence-electron chi connectivity index (χ1n) is 5.62. The summed E-state index contributed by atoms with van der Waals surface area (Å²) in [5, 5.41) is 3.25. The number of nitrogens with one attached hydrogen (secondary N) is 1. The Labute approximate surface area is 95.8 Å². The molecule has 0 radical (unpaired) electrons. The van der Waals surface area contributed by atoms with Crippen LogP contribution in [0.5, 0.6) is 5.88 Å². The summed E-state index contributed by atoms with van der Waals surface area (Å²) in [5.74, 6) is 2.34. The van der Waals surface area contributed by atoms with Gasteiger partial charge in [0, 0.05) is 26.2 Å². The van der Waals surface area contributed by atoms with Crippen LogP contribution < -0.4 is 15.0 Å². The SMILES string of the molecule is CCOc1cc(N(C)C2CNC2)nc(C)n1. The molecule has 0 atom stereocenters. The number of nitrogens with zero attached hydrogens (tertiary/aromatic N) is 3. The van der Waals surface area contributed by atoms with Crippen molar-refractivity contribution in [1.82, 2.24) is 15.3 Å². The third-order valence-electron chi connectivity index (χ3n) is 2.76. The summed E-state index contributed by atoms with van der Waals surface area (Å²) in [4.78, 5) is 10.8. The molecule has 0 saturated carbocycles. The number of rotatable bonds is 4. The van der Waals surface area contributed by atoms with Gasteiger partial charge in [-0.15, -0.1) is 0 Å². The summed E-state index contributed by atoms with van der Waals surface area (Å²) in [7, 11) is 2.06. The van der Waals surface area contributed by atoms with E-state index in [2.05, 4.69) is 27.2 Å². The smallest absolute Gasteiger partial charge is 0.218 e. The first kappa shape index (κ1) is 11.1. The summed E-state index contributed by atoms with van der Waals surface area (Å²) >= 11 is 0. The molecule has 1 aromatic rings. The molecule has 5 heteroatoms. The Morgan fingerprint density at radius 2 is 2.25 bits per heavy atom. The second kappa shape index (κ2) is 4.65. The summed E-state index contributed by atoms with van der Waals surface area (Å²) in [6.45, 7) is 6.51. The fraction of sp³-hybridized carbons (Fsp3) is 0.636. The Morgan fingerprint density at radius 1 is 1.50 bits per heavy atom. The first-order valence-corrected chi connectivity index (χ1v) is 5.62. The van der Waals surface area contributed by atoms with Gasteiger partial charge in [-0.1, -0.05) is 0 Å². The van der Waals surface area contributed by atoms with Crippen molar-refractivity contribution in [2.45, 2.75) is 19.9 Å². The van der Waals surface area contributed by atoms with Gasteiger partial charge < -0.3 is 15.0 Å². The molecule has 1 N–H and O–H groups in total. The standard InChI is InChI=1S/C11H18N4O/c1-4-16-11-5-10(13-8(2)14-11)15(3)9-6-12-7-9/h5,9,12H,4,6-7H2,1-3H3. The molecule has 5 nitrogen and oxygen atoms in total. The maximum absolute atomic E-state index is 5.42. The molecule has 0 spiro atoms. The van der Waals surface area contributed by atoms with Crippen molar-refractivity contribution >= 4 is 5.82 Å². The van der Waals surface area contributed by atoms with Gasteiger partial charge in [0.2, 0.25) is 5.88 Å². The molecule has 0 bridgehead atoms. The van der Waals surface area contributed by atoms with Crippen molar-refractivity contribution < 1.29 is 4.74 Å². The van der Waals surface area contributed by atoms with E-state index in [9.17, 15) is 0 Å². The summed E-state index contributed by atoms with van der Waals surface area (Å²) in [5.41, 5.74) is 0. The molecule has 1 fully saturated rings. The van der Waals surface area contributed by atoms with Crippen LogP contribution in [0.25, 0.3) is 0 Å². The molecule has 1 aliphatic heterocycles. The molecule has 0 unspecified atom stereocenters. The van der Waals surface area contributed by atoms with E-state index in [1.165, 1.54) is 0 Å². The second-order valence-electron chi connectivity index (χ2n) is 3.97. The maximum atomic E-state index is 5.42. The zero-order valence-corrected chi connectivity index (χ0v) is 10.0. The van der Waals surface area contributed by atoms with Crippen LogP contribution in [-0.4, -0.2) is 42.8 Å². The van der Waals surface area contributed by atoms with Gasteiger partial charge in [0.15, 0.2) is 0 Å². The van der Waals surface area contributed by atoms with Crippen LogP contribution >= 0.6 is 0 Å². The molecule has 2 rings (SSSR count). The average Bonchev–Trinajstić information content (AvgIpc) is 2.14. The van der Waals surface area contributed by atoms with Crippen molar-refractivity contribution in [3.05, 3.63) is 11.9 Å². The fourth-order valence-electron chi connectivity index (χ4n) is 1.66. The number of aryl methyl sites for hydroxylation is 1. The van der Waals surface area contributed by atoms with E-state index in [0.29, 0.717) is 18.5 Å². The van der Waals surface area contributed by atoms with Crippen LogP contribution in [0.4, 0.5) is 5.82 Å². The number of hydrogen-bond donors (Lipinski definition) is 1. The molecule has 0 aromatic carbocycles. The van der Waals surface area contributed by atoms with Gasteiger partial charge in [0.1, 0.15) is 11.6 Å². The quantitative estimate of drug-likeness (QED) is 0.808. The molecule has 2 heterocycles. The Hall–Kier alpha value is -1.36. The minimum atomic E-state index is 0.531. The number of anilines is 1. The van der Waals surface area contributed by atoms with Crippen molar-refractivity contribution in [3.63, 3.8) is 0 Å². The highest BCUT2D eigenvalue weighted by atomic mass is 16.5. The van der Waals surface area contributed by atoms with Crippen molar-refractivity contribution in [2.24, 2.45) is 0 Å². The van der Waals surface area contributed by atoms with Crippen LogP contribution in [0.15, 0.2) is 6.07 Å². The lowest BCUT2D eigenvalue weighted by molar-refractivity contribution is 0.325. The van der Waals surface area contributed by atoms with Gasteiger partial charge in [-0.3, -0.25) is 0 Å². The van der Waals surface area contributed by atoms with Gasteiger partial charge in [-0.25, -0.2) is 4.98 Å². The second-order valence-corrected chi connectivity index (χ2v) is 3.97. The number of ether oxygens (including phenoxy) is 1. The Morgan fingerprint density at radius 3 is 2.81 bits per heavy atom. The third-order valence-corrected chi connectivity index (χ3v) is 2.76. The third kappa shape index (κ3) is 2.24. The molecule has 0 amide bonds. The van der Waals surface area contributed by atoms with Crippen LogP contribution in [0.1, 0.15) is 12.7 Å². The molecule has 0 aliphatic carbocycles. The zero-order valence-electron chi connectivity index (χ0n) is 10.0. The lowest BCUT2D eigenvalue weighted by Gasteiger charge is -2.36. The van der Waals surface area contributed by atoms with E-state index in [1.54, 1.807) is 0 Å². The molecule has 16 heavy (non-hydrogen) atoms. The van der Waals surface area contributed by atoms with Crippen LogP contribution in [0.3, 0.4) is 0 Å². The number of aromatic nitrogens is 2. The molecular formula is C11H18N4O. The van der Waals surface area contributed by atoms with Crippen molar-refractivity contribution in [1.29, 1.82) is 0 Å². The van der Waals surface area contributed by atoms with E-state index in [0.717, 1.165) is 24.7 Å². The lowest BCUT2D eigenvalue weighted by Crippen LogP contribution is -2.56. The molecule has 1 aliphatic rings. The van der Waals surface area contributed by atoms with Crippen molar-refractivity contribution in [2.75, 3.05) is 31.6 Å². The monoisotopic (exact) mass is 222 g/mol. The normalized spacial score (nSPS) is 15.7. The maximum Gasteiger partial charge on any atom is 0.218 e. The van der Waals surface area contributed by atoms with Gasteiger partial charge in [-0.05, 0) is 13.8 Å². The van der Waals surface area contributed by atoms with Crippen LogP contribution in [0, 0.1) is 6.92 Å². The highest BCUT2D eigenvalue weighted by molar-refractivity contribution is 5.42. The first-order chi connectivity index (χ1) is 7.70. The van der Waals surface area contributed by atoms with E-state index in [-0.39, 0.29) is 0 Å². The minimum absolute atomic E-state index is 0.531. The number of hydrogen-bond acceptors (Lipinski definition) is 5. The predicted octanol–water partition coefficient (Wildman–Crippen LogP) is 0.592. The molecule has 88 valence electrons. The highest BCUT2D eigenvalue weighted by Gasteiger charge is 2.23. The van der Waals surface area contributed by atoms with E-state index in [1.807, 2.05) is 19.9 Å². The Kier molecular flexibility index (Phi) is 3.24. The van der Waals surface area contributed by atoms with Gasteiger partial charge >= 0.3 is 0 Å².